The number of carbonyl (C=O) groups is 1. The third-order valence-corrected chi connectivity index (χ3v) is 2.15. The zero-order valence-corrected chi connectivity index (χ0v) is 8.84. The van der Waals surface area contributed by atoms with E-state index < -0.39 is 6.16 Å². The van der Waals surface area contributed by atoms with Gasteiger partial charge in [0.2, 0.25) is 0 Å². The van der Waals surface area contributed by atoms with Crippen LogP contribution >= 0.6 is 0 Å². The molecule has 0 spiro atoms. The molecule has 3 nitrogen and oxygen atoms in total. The molecule has 0 rings (SSSR count). The molecule has 78 valence electrons. The molecule has 0 saturated heterocycles. The fourth-order valence-corrected chi connectivity index (χ4v) is 1.14. The zero-order chi connectivity index (χ0) is 10.1. The molecule has 0 heterocycles. The third kappa shape index (κ3) is 6.43. The van der Waals surface area contributed by atoms with Crippen LogP contribution in [0.25, 0.3) is 0 Å². The average Bonchev–Trinajstić information content (AvgIpc) is 2.17. The van der Waals surface area contributed by atoms with E-state index in [1.165, 1.54) is 20.0 Å². The quantitative estimate of drug-likeness (QED) is 0.601. The summed E-state index contributed by atoms with van der Waals surface area (Å²) in [5, 5.41) is 0. The van der Waals surface area contributed by atoms with Gasteiger partial charge in [-0.1, -0.05) is 33.1 Å². The van der Waals surface area contributed by atoms with Gasteiger partial charge in [0.25, 0.3) is 0 Å². The molecule has 0 fully saturated rings. The Morgan fingerprint density at radius 1 is 1.38 bits per heavy atom. The number of methoxy groups -OCH3 is 1. The van der Waals surface area contributed by atoms with Crippen LogP contribution in [0.4, 0.5) is 4.79 Å². The van der Waals surface area contributed by atoms with Gasteiger partial charge >= 0.3 is 6.16 Å². The molecule has 0 bridgehead atoms. The third-order valence-electron chi connectivity index (χ3n) is 2.15. The van der Waals surface area contributed by atoms with Crippen molar-refractivity contribution in [3.05, 3.63) is 0 Å². The standard InChI is InChI=1S/C10H20O3/c1-4-6-7-9(5-2)8-13-10(11)12-3/h9H,4-8H2,1-3H3/t9-/m1/s1. The first kappa shape index (κ1) is 12.3. The maximum atomic E-state index is 10.7. The molecule has 13 heavy (non-hydrogen) atoms. The molecule has 0 unspecified atom stereocenters. The average molecular weight is 188 g/mol. The van der Waals surface area contributed by atoms with E-state index in [1.807, 2.05) is 0 Å². The topological polar surface area (TPSA) is 35.5 Å². The van der Waals surface area contributed by atoms with Crippen LogP contribution in [0.2, 0.25) is 0 Å². The normalized spacial score (nSPS) is 12.2. The molecule has 0 aromatic rings. The maximum Gasteiger partial charge on any atom is 0.507 e. The molecule has 0 N–H and O–H groups in total. The smallest absolute Gasteiger partial charge is 0.438 e. The molecule has 1 atom stereocenters. The number of unbranched alkanes of at least 4 members (excludes halogenated alkanes) is 1. The lowest BCUT2D eigenvalue weighted by Gasteiger charge is -2.13. The molecular formula is C10H20O3. The molecule has 0 aliphatic carbocycles. The van der Waals surface area contributed by atoms with Crippen LogP contribution in [0, 0.1) is 5.92 Å². The van der Waals surface area contributed by atoms with Gasteiger partial charge in [0.05, 0.1) is 13.7 Å². The SMILES string of the molecule is CCCC[C@@H](CC)COC(=O)OC. The number of hydrogen-bond acceptors (Lipinski definition) is 3. The number of rotatable bonds is 6. The van der Waals surface area contributed by atoms with Crippen molar-refractivity contribution in [1.29, 1.82) is 0 Å². The Morgan fingerprint density at radius 2 is 2.08 bits per heavy atom. The number of hydrogen-bond donors (Lipinski definition) is 0. The second-order valence-corrected chi connectivity index (χ2v) is 3.18. The van der Waals surface area contributed by atoms with E-state index in [-0.39, 0.29) is 0 Å². The summed E-state index contributed by atoms with van der Waals surface area (Å²) in [6.07, 6.45) is 3.99. The number of ether oxygens (including phenoxy) is 2. The molecule has 0 aliphatic rings. The first-order valence-electron chi connectivity index (χ1n) is 4.95. The van der Waals surface area contributed by atoms with Crippen molar-refractivity contribution in [3.8, 4) is 0 Å². The van der Waals surface area contributed by atoms with Crippen LogP contribution < -0.4 is 0 Å². The Morgan fingerprint density at radius 3 is 2.54 bits per heavy atom. The van der Waals surface area contributed by atoms with E-state index in [9.17, 15) is 4.79 Å². The van der Waals surface area contributed by atoms with E-state index in [0.717, 1.165) is 12.8 Å². The molecule has 0 amide bonds. The van der Waals surface area contributed by atoms with Crippen LogP contribution in [0.3, 0.4) is 0 Å². The Balaban J connectivity index is 3.52. The van der Waals surface area contributed by atoms with E-state index >= 15 is 0 Å². The van der Waals surface area contributed by atoms with Gasteiger partial charge < -0.3 is 9.47 Å². The van der Waals surface area contributed by atoms with Crippen LogP contribution in [0.5, 0.6) is 0 Å². The highest BCUT2D eigenvalue weighted by atomic mass is 16.7. The van der Waals surface area contributed by atoms with E-state index in [1.54, 1.807) is 0 Å². The van der Waals surface area contributed by atoms with E-state index in [4.69, 9.17) is 4.74 Å². The van der Waals surface area contributed by atoms with Gasteiger partial charge in [0.1, 0.15) is 0 Å². The van der Waals surface area contributed by atoms with Crippen molar-refractivity contribution in [2.24, 2.45) is 5.92 Å². The summed E-state index contributed by atoms with van der Waals surface area (Å²) < 4.78 is 9.27. The minimum absolute atomic E-state index is 0.485. The molecule has 0 aromatic carbocycles. The Kier molecular flexibility index (Phi) is 7.45. The predicted molar refractivity (Wildman–Crippen MR) is 51.7 cm³/mol. The van der Waals surface area contributed by atoms with Crippen molar-refractivity contribution in [2.45, 2.75) is 39.5 Å². The molecule has 0 saturated carbocycles. The Bertz CT molecular complexity index is 134. The molecular weight excluding hydrogens is 168 g/mol. The lowest BCUT2D eigenvalue weighted by atomic mass is 10.0. The lowest BCUT2D eigenvalue weighted by Crippen LogP contribution is -2.13. The van der Waals surface area contributed by atoms with Crippen molar-refractivity contribution < 1.29 is 14.3 Å². The minimum atomic E-state index is -0.574. The van der Waals surface area contributed by atoms with Crippen LogP contribution in [0.15, 0.2) is 0 Å². The second kappa shape index (κ2) is 7.90. The van der Waals surface area contributed by atoms with Gasteiger partial charge in [0, 0.05) is 0 Å². The van der Waals surface area contributed by atoms with Crippen LogP contribution in [-0.4, -0.2) is 19.9 Å². The molecule has 0 aliphatic heterocycles. The first-order valence-corrected chi connectivity index (χ1v) is 4.95. The fraction of sp³-hybridized carbons (Fsp3) is 0.900. The molecule has 0 radical (unpaired) electrons. The summed E-state index contributed by atoms with van der Waals surface area (Å²) in [5.74, 6) is 0.485. The second-order valence-electron chi connectivity index (χ2n) is 3.18. The fourth-order valence-electron chi connectivity index (χ4n) is 1.14. The summed E-state index contributed by atoms with van der Waals surface area (Å²) in [7, 11) is 1.33. The highest BCUT2D eigenvalue weighted by Crippen LogP contribution is 2.12. The highest BCUT2D eigenvalue weighted by molar-refractivity contribution is 5.59. The molecule has 0 aromatic heterocycles. The van der Waals surface area contributed by atoms with Crippen LogP contribution in [0.1, 0.15) is 39.5 Å². The monoisotopic (exact) mass is 188 g/mol. The van der Waals surface area contributed by atoms with Gasteiger partial charge in [-0.25, -0.2) is 4.79 Å². The summed E-state index contributed by atoms with van der Waals surface area (Å²) in [6.45, 7) is 4.76. The summed E-state index contributed by atoms with van der Waals surface area (Å²) in [6, 6.07) is 0. The number of carbonyl (C=O) groups excluding carboxylic acids is 1. The summed E-state index contributed by atoms with van der Waals surface area (Å²) in [4.78, 5) is 10.7. The van der Waals surface area contributed by atoms with Gasteiger partial charge in [-0.3, -0.25) is 0 Å². The van der Waals surface area contributed by atoms with Crippen molar-refractivity contribution in [1.82, 2.24) is 0 Å². The van der Waals surface area contributed by atoms with Crippen molar-refractivity contribution >= 4 is 6.16 Å². The summed E-state index contributed by atoms with van der Waals surface area (Å²) in [5.41, 5.74) is 0. The van der Waals surface area contributed by atoms with Gasteiger partial charge in [-0.2, -0.15) is 0 Å². The van der Waals surface area contributed by atoms with Gasteiger partial charge in [-0.05, 0) is 12.3 Å². The zero-order valence-electron chi connectivity index (χ0n) is 8.84. The van der Waals surface area contributed by atoms with Gasteiger partial charge in [0.15, 0.2) is 0 Å². The predicted octanol–water partition coefficient (Wildman–Crippen LogP) is 2.99. The Labute approximate surface area is 80.4 Å². The highest BCUT2D eigenvalue weighted by Gasteiger charge is 2.09. The van der Waals surface area contributed by atoms with E-state index in [0.29, 0.717) is 12.5 Å². The maximum absolute atomic E-state index is 10.7. The largest absolute Gasteiger partial charge is 0.507 e. The Hall–Kier alpha value is -0.730. The lowest BCUT2D eigenvalue weighted by molar-refractivity contribution is 0.0579. The minimum Gasteiger partial charge on any atom is -0.438 e. The van der Waals surface area contributed by atoms with Gasteiger partial charge in [-0.15, -0.1) is 0 Å². The summed E-state index contributed by atoms with van der Waals surface area (Å²) >= 11 is 0. The van der Waals surface area contributed by atoms with Crippen molar-refractivity contribution in [2.75, 3.05) is 13.7 Å². The first-order chi connectivity index (χ1) is 6.24. The van der Waals surface area contributed by atoms with Crippen molar-refractivity contribution in [3.63, 3.8) is 0 Å². The van der Waals surface area contributed by atoms with Crippen LogP contribution in [-0.2, 0) is 9.47 Å². The van der Waals surface area contributed by atoms with E-state index in [2.05, 4.69) is 18.6 Å². The molecule has 3 heteroatoms.